The number of unbranched alkanes of at least 4 members (excludes halogenated alkanes) is 2. The van der Waals surface area contributed by atoms with Crippen molar-refractivity contribution in [2.24, 2.45) is 0 Å². The molecule has 0 nitrogen and oxygen atoms in total. The molecule has 0 amide bonds. The van der Waals surface area contributed by atoms with E-state index in [-0.39, 0.29) is 0 Å². The molecule has 0 aliphatic carbocycles. The van der Waals surface area contributed by atoms with Crippen LogP contribution in [-0.2, 0) is 0 Å². The lowest BCUT2D eigenvalue weighted by Gasteiger charge is -2.07. The lowest BCUT2D eigenvalue weighted by Crippen LogP contribution is -1.89. The van der Waals surface area contributed by atoms with E-state index in [9.17, 15) is 0 Å². The maximum atomic E-state index is 2.37. The fourth-order valence-electron chi connectivity index (χ4n) is 2.09. The number of hydrogen-bond acceptors (Lipinski definition) is 1. The summed E-state index contributed by atoms with van der Waals surface area (Å²) in [7, 11) is 0. The van der Waals surface area contributed by atoms with Crippen LogP contribution in [0.5, 0.6) is 0 Å². The topological polar surface area (TPSA) is 0 Å². The zero-order valence-corrected chi connectivity index (χ0v) is 11.0. The SMILES string of the molecule is CCCCCC(C)c1cc2ccccc2s1. The van der Waals surface area contributed by atoms with Crippen LogP contribution < -0.4 is 0 Å². The van der Waals surface area contributed by atoms with Gasteiger partial charge in [-0.3, -0.25) is 0 Å². The number of fused-ring (bicyclic) bond motifs is 1. The zero-order valence-electron chi connectivity index (χ0n) is 10.2. The molecule has 0 aliphatic heterocycles. The molecular formula is C15H20S. The predicted octanol–water partition coefficient (Wildman–Crippen LogP) is 5.59. The first-order valence-electron chi connectivity index (χ1n) is 6.29. The van der Waals surface area contributed by atoms with Crippen LogP contribution in [-0.4, -0.2) is 0 Å². The number of thiophene rings is 1. The standard InChI is InChI=1S/C15H20S/c1-3-4-5-8-12(2)15-11-13-9-6-7-10-14(13)16-15/h6-7,9-12H,3-5,8H2,1-2H3. The van der Waals surface area contributed by atoms with Crippen molar-refractivity contribution >= 4 is 21.4 Å². The lowest BCUT2D eigenvalue weighted by molar-refractivity contribution is 0.604. The molecule has 0 bridgehead atoms. The van der Waals surface area contributed by atoms with Gasteiger partial charge < -0.3 is 0 Å². The molecule has 0 saturated heterocycles. The van der Waals surface area contributed by atoms with Crippen LogP contribution in [0, 0.1) is 0 Å². The van der Waals surface area contributed by atoms with E-state index in [1.165, 1.54) is 35.8 Å². The molecule has 1 heterocycles. The van der Waals surface area contributed by atoms with Crippen molar-refractivity contribution < 1.29 is 0 Å². The van der Waals surface area contributed by atoms with Gasteiger partial charge in [-0.1, -0.05) is 51.3 Å². The second-order valence-corrected chi connectivity index (χ2v) is 5.70. The van der Waals surface area contributed by atoms with Gasteiger partial charge in [-0.25, -0.2) is 0 Å². The van der Waals surface area contributed by atoms with Crippen LogP contribution in [0.4, 0.5) is 0 Å². The molecule has 1 aromatic heterocycles. The van der Waals surface area contributed by atoms with Gasteiger partial charge in [0.15, 0.2) is 0 Å². The molecule has 86 valence electrons. The highest BCUT2D eigenvalue weighted by Crippen LogP contribution is 2.33. The fraction of sp³-hybridized carbons (Fsp3) is 0.467. The number of rotatable bonds is 5. The Morgan fingerprint density at radius 2 is 2.00 bits per heavy atom. The van der Waals surface area contributed by atoms with E-state index in [4.69, 9.17) is 0 Å². The molecule has 0 radical (unpaired) electrons. The Hall–Kier alpha value is -0.820. The van der Waals surface area contributed by atoms with E-state index in [1.807, 2.05) is 11.3 Å². The maximum absolute atomic E-state index is 2.37. The Morgan fingerprint density at radius 3 is 2.75 bits per heavy atom. The van der Waals surface area contributed by atoms with E-state index < -0.39 is 0 Å². The first-order valence-corrected chi connectivity index (χ1v) is 7.11. The van der Waals surface area contributed by atoms with Gasteiger partial charge in [-0.2, -0.15) is 0 Å². The predicted molar refractivity (Wildman–Crippen MR) is 74.4 cm³/mol. The van der Waals surface area contributed by atoms with Crippen LogP contribution in [0.1, 0.15) is 50.3 Å². The molecule has 0 fully saturated rings. The van der Waals surface area contributed by atoms with Crippen molar-refractivity contribution in [1.29, 1.82) is 0 Å². The minimum atomic E-state index is 0.726. The summed E-state index contributed by atoms with van der Waals surface area (Å²) in [6, 6.07) is 11.1. The molecule has 16 heavy (non-hydrogen) atoms. The summed E-state index contributed by atoms with van der Waals surface area (Å²) in [4.78, 5) is 1.55. The highest BCUT2D eigenvalue weighted by atomic mass is 32.1. The van der Waals surface area contributed by atoms with Crippen LogP contribution >= 0.6 is 11.3 Å². The van der Waals surface area contributed by atoms with Gasteiger partial charge in [0.1, 0.15) is 0 Å². The van der Waals surface area contributed by atoms with Crippen molar-refractivity contribution in [3.05, 3.63) is 35.2 Å². The zero-order chi connectivity index (χ0) is 11.4. The lowest BCUT2D eigenvalue weighted by atomic mass is 10.0. The van der Waals surface area contributed by atoms with Gasteiger partial charge >= 0.3 is 0 Å². The van der Waals surface area contributed by atoms with Gasteiger partial charge in [-0.05, 0) is 29.9 Å². The number of hydrogen-bond donors (Lipinski definition) is 0. The third-order valence-corrected chi connectivity index (χ3v) is 4.52. The van der Waals surface area contributed by atoms with Crippen molar-refractivity contribution in [1.82, 2.24) is 0 Å². The van der Waals surface area contributed by atoms with Gasteiger partial charge in [0.25, 0.3) is 0 Å². The van der Waals surface area contributed by atoms with Crippen molar-refractivity contribution in [3.8, 4) is 0 Å². The van der Waals surface area contributed by atoms with Crippen LogP contribution in [0.3, 0.4) is 0 Å². The van der Waals surface area contributed by atoms with Gasteiger partial charge in [0.2, 0.25) is 0 Å². The Kier molecular flexibility index (Phi) is 4.00. The summed E-state index contributed by atoms with van der Waals surface area (Å²) in [6.45, 7) is 4.63. The monoisotopic (exact) mass is 232 g/mol. The van der Waals surface area contributed by atoms with E-state index in [0.717, 1.165) is 5.92 Å². The first kappa shape index (κ1) is 11.7. The smallest absolute Gasteiger partial charge is 0.0345 e. The van der Waals surface area contributed by atoms with Crippen molar-refractivity contribution in [2.75, 3.05) is 0 Å². The number of benzene rings is 1. The van der Waals surface area contributed by atoms with Gasteiger partial charge in [-0.15, -0.1) is 11.3 Å². The van der Waals surface area contributed by atoms with Crippen LogP contribution in [0.25, 0.3) is 10.1 Å². The summed E-state index contributed by atoms with van der Waals surface area (Å²) in [5.41, 5.74) is 0. The van der Waals surface area contributed by atoms with E-state index in [1.54, 1.807) is 4.88 Å². The average Bonchev–Trinajstić information content (AvgIpc) is 2.73. The van der Waals surface area contributed by atoms with Crippen LogP contribution in [0.2, 0.25) is 0 Å². The summed E-state index contributed by atoms with van der Waals surface area (Å²) in [6.07, 6.45) is 5.39. The minimum Gasteiger partial charge on any atom is -0.140 e. The third kappa shape index (κ3) is 2.65. The molecule has 2 aromatic rings. The highest BCUT2D eigenvalue weighted by Gasteiger charge is 2.08. The largest absolute Gasteiger partial charge is 0.140 e. The average molecular weight is 232 g/mol. The molecular weight excluding hydrogens is 212 g/mol. The Bertz CT molecular complexity index is 408. The molecule has 0 saturated carbocycles. The third-order valence-electron chi connectivity index (χ3n) is 3.17. The van der Waals surface area contributed by atoms with E-state index >= 15 is 0 Å². The highest BCUT2D eigenvalue weighted by molar-refractivity contribution is 7.19. The van der Waals surface area contributed by atoms with Crippen molar-refractivity contribution in [3.63, 3.8) is 0 Å². The molecule has 1 atom stereocenters. The maximum Gasteiger partial charge on any atom is 0.0345 e. The molecule has 2 rings (SSSR count). The summed E-state index contributed by atoms with van der Waals surface area (Å²) in [5.74, 6) is 0.726. The second-order valence-electron chi connectivity index (χ2n) is 4.58. The summed E-state index contributed by atoms with van der Waals surface area (Å²) < 4.78 is 1.43. The van der Waals surface area contributed by atoms with Crippen molar-refractivity contribution in [2.45, 2.75) is 45.4 Å². The van der Waals surface area contributed by atoms with E-state index in [0.29, 0.717) is 0 Å². The molecule has 1 aromatic carbocycles. The van der Waals surface area contributed by atoms with Crippen LogP contribution in [0.15, 0.2) is 30.3 Å². The first-order chi connectivity index (χ1) is 7.81. The Morgan fingerprint density at radius 1 is 1.19 bits per heavy atom. The Balaban J connectivity index is 2.07. The van der Waals surface area contributed by atoms with Gasteiger partial charge in [0.05, 0.1) is 0 Å². The second kappa shape index (κ2) is 5.49. The fourth-order valence-corrected chi connectivity index (χ4v) is 3.24. The molecule has 0 N–H and O–H groups in total. The van der Waals surface area contributed by atoms with Gasteiger partial charge in [0, 0.05) is 9.58 Å². The van der Waals surface area contributed by atoms with E-state index in [2.05, 4.69) is 44.2 Å². The Labute approximate surface area is 102 Å². The summed E-state index contributed by atoms with van der Waals surface area (Å²) >= 11 is 1.96. The summed E-state index contributed by atoms with van der Waals surface area (Å²) in [5, 5.41) is 1.41. The minimum absolute atomic E-state index is 0.726. The normalized spacial score (nSPS) is 13.1. The molecule has 0 spiro atoms. The molecule has 1 heteroatoms. The quantitative estimate of drug-likeness (QED) is 0.590. The molecule has 0 aliphatic rings. The molecule has 1 unspecified atom stereocenters.